The van der Waals surface area contributed by atoms with Crippen LogP contribution in [0.3, 0.4) is 0 Å². The molecule has 0 radical (unpaired) electrons. The molecular weight excluding hydrogens is 246 g/mol. The Kier molecular flexibility index (Phi) is 3.31. The molecule has 1 fully saturated rings. The van der Waals surface area contributed by atoms with Crippen LogP contribution in [-0.2, 0) is 9.31 Å². The molecular formula is C14H18BFO3. The van der Waals surface area contributed by atoms with E-state index in [1.807, 2.05) is 27.7 Å². The maximum absolute atomic E-state index is 13.8. The molecule has 0 amide bonds. The number of benzene rings is 1. The first-order chi connectivity index (χ1) is 8.66. The summed E-state index contributed by atoms with van der Waals surface area (Å²) in [6.07, 6.45) is 0. The summed E-state index contributed by atoms with van der Waals surface area (Å²) >= 11 is 0. The van der Waals surface area contributed by atoms with Crippen molar-refractivity contribution in [2.75, 3.05) is 0 Å². The lowest BCUT2D eigenvalue weighted by Gasteiger charge is -2.32. The van der Waals surface area contributed by atoms with Crippen molar-refractivity contribution in [3.05, 3.63) is 29.6 Å². The van der Waals surface area contributed by atoms with E-state index >= 15 is 0 Å². The first-order valence-electron chi connectivity index (χ1n) is 6.31. The normalized spacial score (nSPS) is 20.6. The maximum Gasteiger partial charge on any atom is 0.495 e. The lowest BCUT2D eigenvalue weighted by molar-refractivity contribution is 0.00578. The zero-order valence-electron chi connectivity index (χ0n) is 11.9. The predicted molar refractivity (Wildman–Crippen MR) is 72.1 cm³/mol. The standard InChI is InChI=1S/C14H18BFO3/c1-9(17)12-10(7-6-8-11(12)16)15-18-13(2,3)14(4,5)19-15/h6-8H,1-5H3. The van der Waals surface area contributed by atoms with Crippen LogP contribution in [0.2, 0.25) is 0 Å². The molecule has 5 heteroatoms. The number of rotatable bonds is 2. The number of carbonyl (C=O) groups excluding carboxylic acids is 1. The Hall–Kier alpha value is -1.20. The van der Waals surface area contributed by atoms with Crippen molar-refractivity contribution in [3.8, 4) is 0 Å². The van der Waals surface area contributed by atoms with E-state index in [0.717, 1.165) is 0 Å². The van der Waals surface area contributed by atoms with Gasteiger partial charge in [0.1, 0.15) is 5.82 Å². The average molecular weight is 264 g/mol. The van der Waals surface area contributed by atoms with Gasteiger partial charge in [0.25, 0.3) is 0 Å². The summed E-state index contributed by atoms with van der Waals surface area (Å²) < 4.78 is 25.5. The van der Waals surface area contributed by atoms with Crippen LogP contribution in [-0.4, -0.2) is 24.1 Å². The van der Waals surface area contributed by atoms with Crippen LogP contribution in [0.1, 0.15) is 45.0 Å². The van der Waals surface area contributed by atoms with Crippen molar-refractivity contribution >= 4 is 18.4 Å². The minimum absolute atomic E-state index is 0.0426. The molecule has 0 aromatic heterocycles. The van der Waals surface area contributed by atoms with E-state index < -0.39 is 24.1 Å². The van der Waals surface area contributed by atoms with E-state index in [1.165, 1.54) is 13.0 Å². The summed E-state index contributed by atoms with van der Waals surface area (Å²) in [4.78, 5) is 11.6. The van der Waals surface area contributed by atoms with Crippen molar-refractivity contribution in [2.45, 2.75) is 45.8 Å². The van der Waals surface area contributed by atoms with Gasteiger partial charge in [-0.3, -0.25) is 4.79 Å². The number of carbonyl (C=O) groups is 1. The number of Topliss-reactive ketones (excluding diaryl/α,β-unsaturated/α-hetero) is 1. The van der Waals surface area contributed by atoms with Gasteiger partial charge < -0.3 is 9.31 Å². The Balaban J connectivity index is 2.46. The lowest BCUT2D eigenvalue weighted by Crippen LogP contribution is -2.41. The number of halogens is 1. The third-order valence-electron chi connectivity index (χ3n) is 3.91. The molecule has 0 N–H and O–H groups in total. The van der Waals surface area contributed by atoms with Gasteiger partial charge in [-0.25, -0.2) is 4.39 Å². The summed E-state index contributed by atoms with van der Waals surface area (Å²) in [6, 6.07) is 4.50. The molecule has 1 aliphatic heterocycles. The molecule has 1 aromatic rings. The number of ketones is 1. The van der Waals surface area contributed by atoms with Gasteiger partial charge in [0, 0.05) is 0 Å². The van der Waals surface area contributed by atoms with Crippen LogP contribution in [0.25, 0.3) is 0 Å². The summed E-state index contributed by atoms with van der Waals surface area (Å²) in [7, 11) is -0.723. The summed E-state index contributed by atoms with van der Waals surface area (Å²) in [5.74, 6) is -0.873. The van der Waals surface area contributed by atoms with E-state index in [1.54, 1.807) is 12.1 Å². The minimum atomic E-state index is -0.723. The molecule has 1 aromatic carbocycles. The topological polar surface area (TPSA) is 35.5 Å². The van der Waals surface area contributed by atoms with Crippen molar-refractivity contribution in [1.29, 1.82) is 0 Å². The monoisotopic (exact) mass is 264 g/mol. The van der Waals surface area contributed by atoms with Crippen LogP contribution in [0.5, 0.6) is 0 Å². The SMILES string of the molecule is CC(=O)c1c(F)cccc1B1OC(C)(C)C(C)(C)O1. The van der Waals surface area contributed by atoms with Crippen molar-refractivity contribution in [1.82, 2.24) is 0 Å². The van der Waals surface area contributed by atoms with E-state index in [2.05, 4.69) is 0 Å². The fourth-order valence-corrected chi connectivity index (χ4v) is 2.08. The van der Waals surface area contributed by atoms with Crippen LogP contribution in [0.15, 0.2) is 18.2 Å². The molecule has 0 unspecified atom stereocenters. The smallest absolute Gasteiger partial charge is 0.399 e. The molecule has 0 atom stereocenters. The average Bonchev–Trinajstić information content (AvgIpc) is 2.47. The van der Waals surface area contributed by atoms with Crippen LogP contribution in [0, 0.1) is 5.82 Å². The minimum Gasteiger partial charge on any atom is -0.399 e. The fraction of sp³-hybridized carbons (Fsp3) is 0.500. The maximum atomic E-state index is 13.8. The van der Waals surface area contributed by atoms with E-state index in [4.69, 9.17) is 9.31 Å². The zero-order valence-corrected chi connectivity index (χ0v) is 11.9. The highest BCUT2D eigenvalue weighted by atomic mass is 19.1. The Labute approximate surface area is 113 Å². The molecule has 2 rings (SSSR count). The van der Waals surface area contributed by atoms with E-state index in [9.17, 15) is 9.18 Å². The van der Waals surface area contributed by atoms with Gasteiger partial charge in [-0.1, -0.05) is 12.1 Å². The number of hydrogen-bond donors (Lipinski definition) is 0. The van der Waals surface area contributed by atoms with Gasteiger partial charge in [0.05, 0.1) is 16.8 Å². The fourth-order valence-electron chi connectivity index (χ4n) is 2.08. The lowest BCUT2D eigenvalue weighted by atomic mass is 9.75. The first-order valence-corrected chi connectivity index (χ1v) is 6.31. The molecule has 3 nitrogen and oxygen atoms in total. The molecule has 102 valence electrons. The second kappa shape index (κ2) is 4.42. The molecule has 0 aliphatic carbocycles. The third kappa shape index (κ3) is 2.32. The van der Waals surface area contributed by atoms with E-state index in [-0.39, 0.29) is 11.3 Å². The highest BCUT2D eigenvalue weighted by Crippen LogP contribution is 2.36. The number of hydrogen-bond acceptors (Lipinski definition) is 3. The largest absolute Gasteiger partial charge is 0.495 e. The molecule has 1 heterocycles. The zero-order chi connectivity index (χ0) is 14.4. The van der Waals surface area contributed by atoms with Gasteiger partial charge in [-0.05, 0) is 46.1 Å². The van der Waals surface area contributed by atoms with Crippen molar-refractivity contribution < 1.29 is 18.5 Å². The van der Waals surface area contributed by atoms with Gasteiger partial charge in [0.15, 0.2) is 5.78 Å². The molecule has 1 aliphatic rings. The molecule has 1 saturated heterocycles. The molecule has 19 heavy (non-hydrogen) atoms. The van der Waals surface area contributed by atoms with E-state index in [0.29, 0.717) is 5.46 Å². The quantitative estimate of drug-likeness (QED) is 0.607. The second-order valence-electron chi connectivity index (χ2n) is 5.85. The molecule has 0 spiro atoms. The van der Waals surface area contributed by atoms with Gasteiger partial charge >= 0.3 is 7.12 Å². The van der Waals surface area contributed by atoms with Crippen LogP contribution >= 0.6 is 0 Å². The predicted octanol–water partition coefficient (Wildman–Crippen LogP) is 2.33. The Morgan fingerprint density at radius 1 is 1.16 bits per heavy atom. The summed E-state index contributed by atoms with van der Waals surface area (Å²) in [6.45, 7) is 9.01. The van der Waals surface area contributed by atoms with Gasteiger partial charge in [0.2, 0.25) is 0 Å². The highest BCUT2D eigenvalue weighted by molar-refractivity contribution is 6.63. The summed E-state index contributed by atoms with van der Waals surface area (Å²) in [5.41, 5.74) is -0.539. The van der Waals surface area contributed by atoms with Crippen molar-refractivity contribution in [3.63, 3.8) is 0 Å². The van der Waals surface area contributed by atoms with Crippen molar-refractivity contribution in [2.24, 2.45) is 0 Å². The summed E-state index contributed by atoms with van der Waals surface area (Å²) in [5, 5.41) is 0. The Bertz CT molecular complexity index is 509. The molecule has 0 saturated carbocycles. The Morgan fingerprint density at radius 2 is 1.68 bits per heavy atom. The first kappa shape index (κ1) is 14.2. The van der Waals surface area contributed by atoms with Gasteiger partial charge in [-0.2, -0.15) is 0 Å². The van der Waals surface area contributed by atoms with Crippen LogP contribution < -0.4 is 5.46 Å². The highest BCUT2D eigenvalue weighted by Gasteiger charge is 2.52. The second-order valence-corrected chi connectivity index (χ2v) is 5.85. The molecule has 0 bridgehead atoms. The van der Waals surface area contributed by atoms with Gasteiger partial charge in [-0.15, -0.1) is 0 Å². The third-order valence-corrected chi connectivity index (χ3v) is 3.91. The Morgan fingerprint density at radius 3 is 2.16 bits per heavy atom. The van der Waals surface area contributed by atoms with Crippen LogP contribution in [0.4, 0.5) is 4.39 Å².